The summed E-state index contributed by atoms with van der Waals surface area (Å²) in [5.41, 5.74) is 0. The molecule has 120 valence electrons. The van der Waals surface area contributed by atoms with Gasteiger partial charge in [0.15, 0.2) is 0 Å². The Balaban J connectivity index is 3.31. The number of hydrogen-bond donors (Lipinski definition) is 0. The highest BCUT2D eigenvalue weighted by Crippen LogP contribution is 2.20. The molecular formula is C3Cl3N3O9S3. The van der Waals surface area contributed by atoms with Gasteiger partial charge in [-0.05, 0) is 0 Å². The lowest BCUT2D eigenvalue weighted by Crippen LogP contribution is -2.11. The van der Waals surface area contributed by atoms with Gasteiger partial charge in [0.25, 0.3) is 0 Å². The van der Waals surface area contributed by atoms with E-state index in [-0.39, 0.29) is 0 Å². The van der Waals surface area contributed by atoms with Gasteiger partial charge in [-0.3, -0.25) is 0 Å². The molecule has 1 heterocycles. The molecule has 0 N–H and O–H groups in total. The van der Waals surface area contributed by atoms with Crippen LogP contribution in [0.5, 0.6) is 18.0 Å². The summed E-state index contributed by atoms with van der Waals surface area (Å²) in [5, 5.41) is 0. The van der Waals surface area contributed by atoms with Crippen LogP contribution in [-0.2, 0) is 28.0 Å². The summed E-state index contributed by atoms with van der Waals surface area (Å²) in [6.07, 6.45) is 0. The summed E-state index contributed by atoms with van der Waals surface area (Å²) in [6, 6.07) is -3.53. The van der Waals surface area contributed by atoms with Gasteiger partial charge in [-0.25, -0.2) is 0 Å². The fourth-order valence-electron chi connectivity index (χ4n) is 0.699. The predicted octanol–water partition coefficient (Wildman–Crippen LogP) is -0.541. The van der Waals surface area contributed by atoms with E-state index in [2.05, 4.69) is 27.5 Å². The molecule has 1 rings (SSSR count). The third kappa shape index (κ3) is 8.22. The summed E-state index contributed by atoms with van der Waals surface area (Å²) in [6.45, 7) is 0. The Morgan fingerprint density at radius 3 is 0.905 bits per heavy atom. The van der Waals surface area contributed by atoms with Gasteiger partial charge in [-0.1, -0.05) is 0 Å². The summed E-state index contributed by atoms with van der Waals surface area (Å²) in [4.78, 5) is 9.07. The van der Waals surface area contributed by atoms with E-state index in [1.807, 2.05) is 0 Å². The molecule has 0 bridgehead atoms. The lowest BCUT2D eigenvalue weighted by Gasteiger charge is -2.04. The molecule has 0 aromatic carbocycles. The van der Waals surface area contributed by atoms with Gasteiger partial charge in [-0.15, -0.1) is 15.0 Å². The van der Waals surface area contributed by atoms with Crippen LogP contribution >= 0.6 is 32.0 Å². The van der Waals surface area contributed by atoms with Crippen LogP contribution in [0.15, 0.2) is 0 Å². The van der Waals surface area contributed by atoms with E-state index in [1.165, 1.54) is 0 Å². The van der Waals surface area contributed by atoms with E-state index in [1.54, 1.807) is 0 Å². The van der Waals surface area contributed by atoms with Gasteiger partial charge in [0, 0.05) is 0 Å². The molecule has 21 heavy (non-hydrogen) atoms. The second kappa shape index (κ2) is 6.09. The van der Waals surface area contributed by atoms with Crippen molar-refractivity contribution in [3.05, 3.63) is 0 Å². The molecule has 0 saturated heterocycles. The molecule has 0 amide bonds. The highest BCUT2D eigenvalue weighted by atomic mass is 35.7. The van der Waals surface area contributed by atoms with Crippen molar-refractivity contribution in [2.45, 2.75) is 0 Å². The monoisotopic (exact) mass is 423 g/mol. The summed E-state index contributed by atoms with van der Waals surface area (Å²) in [5.74, 6) is 0. The highest BCUT2D eigenvalue weighted by molar-refractivity contribution is 8.10. The fourth-order valence-corrected chi connectivity index (χ4v) is 1.96. The summed E-state index contributed by atoms with van der Waals surface area (Å²) in [7, 11) is 0.190. The Labute approximate surface area is 130 Å². The van der Waals surface area contributed by atoms with Crippen molar-refractivity contribution in [2.24, 2.45) is 0 Å². The maximum atomic E-state index is 10.7. The third-order valence-electron chi connectivity index (χ3n) is 1.10. The van der Waals surface area contributed by atoms with Gasteiger partial charge in [0.2, 0.25) is 0 Å². The highest BCUT2D eigenvalue weighted by Gasteiger charge is 2.21. The molecule has 0 aliphatic rings. The average Bonchev–Trinajstić information content (AvgIpc) is 2.06. The third-order valence-corrected chi connectivity index (χ3v) is 2.71. The van der Waals surface area contributed by atoms with Gasteiger partial charge in [-0.2, -0.15) is 25.3 Å². The number of hydrogen-bond acceptors (Lipinski definition) is 12. The first-order valence-corrected chi connectivity index (χ1v) is 10.6. The second-order valence-corrected chi connectivity index (χ2v) is 8.87. The summed E-state index contributed by atoms with van der Waals surface area (Å²) >= 11 is 0. The quantitative estimate of drug-likeness (QED) is 0.535. The van der Waals surface area contributed by atoms with E-state index >= 15 is 0 Å². The average molecular weight is 425 g/mol. The minimum absolute atomic E-state index is 1.18. The van der Waals surface area contributed by atoms with Crippen molar-refractivity contribution in [1.82, 2.24) is 15.0 Å². The number of aromatic nitrogens is 3. The van der Waals surface area contributed by atoms with Crippen molar-refractivity contribution >= 4 is 60.0 Å². The van der Waals surface area contributed by atoms with Crippen LogP contribution in [0.1, 0.15) is 0 Å². The van der Waals surface area contributed by atoms with Crippen molar-refractivity contribution < 1.29 is 37.8 Å². The van der Waals surface area contributed by atoms with E-state index in [4.69, 9.17) is 32.0 Å². The number of nitrogens with zero attached hydrogens (tertiary/aromatic N) is 3. The smallest absolute Gasteiger partial charge is 0.331 e. The molecule has 18 heteroatoms. The van der Waals surface area contributed by atoms with Crippen molar-refractivity contribution in [3.63, 3.8) is 0 Å². The second-order valence-electron chi connectivity index (χ2n) is 2.61. The standard InChI is InChI=1S/C3Cl3N3O9S3/c4-19(10,11)16-1-7-2(17-20(5,12)13)9-3(8-1)18-21(6,14)15. The minimum Gasteiger partial charge on any atom is -0.331 e. The van der Waals surface area contributed by atoms with E-state index < -0.39 is 46.0 Å². The minimum atomic E-state index is -4.65. The van der Waals surface area contributed by atoms with Crippen molar-refractivity contribution in [2.75, 3.05) is 0 Å². The number of rotatable bonds is 6. The van der Waals surface area contributed by atoms with Gasteiger partial charge in [0.05, 0.1) is 32.0 Å². The molecule has 12 nitrogen and oxygen atoms in total. The van der Waals surface area contributed by atoms with Crippen LogP contribution in [0.4, 0.5) is 0 Å². The van der Waals surface area contributed by atoms with Crippen LogP contribution < -0.4 is 12.5 Å². The molecule has 1 aromatic heterocycles. The lowest BCUT2D eigenvalue weighted by molar-refractivity contribution is 0.422. The topological polar surface area (TPSA) is 169 Å². The lowest BCUT2D eigenvalue weighted by atomic mass is 10.9. The Morgan fingerprint density at radius 1 is 0.571 bits per heavy atom. The van der Waals surface area contributed by atoms with Crippen LogP contribution in [0.2, 0.25) is 0 Å². The SMILES string of the molecule is O=S(=O)(Cl)Oc1nc(OS(=O)(=O)Cl)nc(OS(=O)(=O)Cl)n1. The predicted molar refractivity (Wildman–Crippen MR) is 66.0 cm³/mol. The van der Waals surface area contributed by atoms with Gasteiger partial charge >= 0.3 is 46.0 Å². The molecule has 0 radical (unpaired) electrons. The molecule has 0 atom stereocenters. The van der Waals surface area contributed by atoms with Gasteiger partial charge in [0.1, 0.15) is 0 Å². The molecule has 0 saturated carbocycles. The Bertz CT molecular complexity index is 722. The number of halogens is 3. The fraction of sp³-hybridized carbons (Fsp3) is 0. The molecule has 0 aliphatic carbocycles. The zero-order chi connectivity index (χ0) is 16.5. The van der Waals surface area contributed by atoms with E-state index in [0.29, 0.717) is 0 Å². The zero-order valence-electron chi connectivity index (χ0n) is 8.87. The van der Waals surface area contributed by atoms with E-state index in [0.717, 1.165) is 0 Å². The Kier molecular flexibility index (Phi) is 5.27. The maximum absolute atomic E-state index is 10.7. The Hall–Kier alpha value is -0.870. The van der Waals surface area contributed by atoms with Crippen LogP contribution in [-0.4, -0.2) is 40.2 Å². The molecule has 1 aromatic rings. The first-order chi connectivity index (χ1) is 9.23. The molecule has 0 aliphatic heterocycles. The van der Waals surface area contributed by atoms with Crippen LogP contribution in [0.3, 0.4) is 0 Å². The largest absolute Gasteiger partial charge is 0.403 e. The first kappa shape index (κ1) is 18.2. The molecular weight excluding hydrogens is 425 g/mol. The van der Waals surface area contributed by atoms with Crippen LogP contribution in [0.25, 0.3) is 0 Å². The molecule has 0 spiro atoms. The molecule has 0 fully saturated rings. The van der Waals surface area contributed by atoms with Crippen LogP contribution in [0, 0.1) is 0 Å². The Morgan fingerprint density at radius 2 is 0.762 bits per heavy atom. The molecule has 0 unspecified atom stereocenters. The van der Waals surface area contributed by atoms with Crippen molar-refractivity contribution in [3.8, 4) is 18.0 Å². The van der Waals surface area contributed by atoms with Gasteiger partial charge < -0.3 is 12.5 Å². The van der Waals surface area contributed by atoms with E-state index in [9.17, 15) is 25.3 Å². The first-order valence-electron chi connectivity index (χ1n) is 3.92. The zero-order valence-corrected chi connectivity index (χ0v) is 13.6. The summed E-state index contributed by atoms with van der Waals surface area (Å²) < 4.78 is 75.9. The van der Waals surface area contributed by atoms with Crippen molar-refractivity contribution in [1.29, 1.82) is 0 Å². The normalized spacial score (nSPS) is 12.7. The maximum Gasteiger partial charge on any atom is 0.403 e.